The Morgan fingerprint density at radius 3 is 2.81 bits per heavy atom. The Hall–Kier alpha value is -3.39. The van der Waals surface area contributed by atoms with E-state index in [0.717, 1.165) is 47.1 Å². The molecule has 1 fully saturated rings. The van der Waals surface area contributed by atoms with Gasteiger partial charge in [-0.3, -0.25) is 9.78 Å². The highest BCUT2D eigenvalue weighted by molar-refractivity contribution is 5.94. The minimum atomic E-state index is 0.109. The van der Waals surface area contributed by atoms with Crippen LogP contribution in [-0.2, 0) is 11.3 Å². The second kappa shape index (κ2) is 7.46. The molecule has 2 N–H and O–H groups in total. The van der Waals surface area contributed by atoms with Crippen molar-refractivity contribution in [1.29, 1.82) is 5.26 Å². The Balaban J connectivity index is 1.52. The Bertz CT molecular complexity index is 1030. The van der Waals surface area contributed by atoms with Gasteiger partial charge >= 0.3 is 0 Å². The molecule has 1 aromatic heterocycles. The Morgan fingerprint density at radius 1 is 1.19 bits per heavy atom. The molecule has 5 heteroatoms. The number of fused-ring (bicyclic) bond motifs is 1. The summed E-state index contributed by atoms with van der Waals surface area (Å²) in [4.78, 5) is 16.5. The summed E-state index contributed by atoms with van der Waals surface area (Å²) < 4.78 is 0. The van der Waals surface area contributed by atoms with Crippen LogP contribution in [0.25, 0.3) is 10.9 Å². The zero-order valence-corrected chi connectivity index (χ0v) is 14.9. The fraction of sp³-hybridized carbons (Fsp3) is 0.227. The van der Waals surface area contributed by atoms with E-state index < -0.39 is 0 Å². The van der Waals surface area contributed by atoms with E-state index >= 15 is 0 Å². The van der Waals surface area contributed by atoms with Crippen molar-refractivity contribution in [3.8, 4) is 6.07 Å². The third kappa shape index (κ3) is 3.61. The third-order valence-corrected chi connectivity index (χ3v) is 5.04. The topological polar surface area (TPSA) is 77.8 Å². The largest absolute Gasteiger partial charge is 0.379 e. The second-order valence-electron chi connectivity index (χ2n) is 6.85. The van der Waals surface area contributed by atoms with Gasteiger partial charge in [0.2, 0.25) is 5.91 Å². The number of pyridine rings is 1. The SMILES string of the molecule is N#Cc1cnc2ccccc2c1NCc1cccc(NC(=O)C2CCC2)c1. The summed E-state index contributed by atoms with van der Waals surface area (Å²) in [5.74, 6) is 0.270. The number of nitriles is 1. The van der Waals surface area contributed by atoms with Gasteiger partial charge in [-0.05, 0) is 36.6 Å². The molecule has 2 aromatic carbocycles. The summed E-state index contributed by atoms with van der Waals surface area (Å²) >= 11 is 0. The van der Waals surface area contributed by atoms with E-state index in [2.05, 4.69) is 21.7 Å². The van der Waals surface area contributed by atoms with Gasteiger partial charge in [-0.25, -0.2) is 0 Å². The van der Waals surface area contributed by atoms with Crippen molar-refractivity contribution in [2.24, 2.45) is 5.92 Å². The summed E-state index contributed by atoms with van der Waals surface area (Å²) in [6.45, 7) is 0.551. The van der Waals surface area contributed by atoms with Gasteiger partial charge in [0.25, 0.3) is 0 Å². The lowest BCUT2D eigenvalue weighted by molar-refractivity contribution is -0.122. The van der Waals surface area contributed by atoms with Crippen molar-refractivity contribution in [3.63, 3.8) is 0 Å². The standard InChI is InChI=1S/C22H20N4O/c23-12-17-14-24-20-10-2-1-9-19(20)21(17)25-13-15-5-3-8-18(11-15)26-22(27)16-6-4-7-16/h1-3,5,8-11,14,16H,4,6-7,13H2,(H,24,25)(H,26,27). The Labute approximate surface area is 158 Å². The van der Waals surface area contributed by atoms with E-state index in [1.165, 1.54) is 0 Å². The number of benzene rings is 2. The van der Waals surface area contributed by atoms with Crippen LogP contribution < -0.4 is 10.6 Å². The maximum Gasteiger partial charge on any atom is 0.227 e. The molecule has 0 radical (unpaired) electrons. The lowest BCUT2D eigenvalue weighted by Crippen LogP contribution is -2.28. The van der Waals surface area contributed by atoms with Gasteiger partial charge in [-0.2, -0.15) is 5.26 Å². The number of amides is 1. The molecule has 3 aromatic rings. The first-order valence-corrected chi connectivity index (χ1v) is 9.16. The first kappa shape index (κ1) is 17.0. The summed E-state index contributed by atoms with van der Waals surface area (Å²) in [5.41, 5.74) is 3.99. The number of hydrogen-bond donors (Lipinski definition) is 2. The molecule has 0 spiro atoms. The van der Waals surface area contributed by atoms with Crippen LogP contribution in [0.2, 0.25) is 0 Å². The van der Waals surface area contributed by atoms with Crippen LogP contribution in [0.4, 0.5) is 11.4 Å². The maximum absolute atomic E-state index is 12.1. The Kier molecular flexibility index (Phi) is 4.71. The van der Waals surface area contributed by atoms with Gasteiger partial charge in [0.15, 0.2) is 0 Å². The molecule has 0 atom stereocenters. The molecule has 0 aliphatic heterocycles. The molecule has 1 heterocycles. The molecule has 1 saturated carbocycles. The number of para-hydroxylation sites is 1. The van der Waals surface area contributed by atoms with Gasteiger partial charge in [0.1, 0.15) is 6.07 Å². The van der Waals surface area contributed by atoms with Crippen LogP contribution in [0.15, 0.2) is 54.7 Å². The lowest BCUT2D eigenvalue weighted by Gasteiger charge is -2.24. The van der Waals surface area contributed by atoms with E-state index in [9.17, 15) is 10.1 Å². The van der Waals surface area contributed by atoms with Crippen molar-refractivity contribution in [3.05, 3.63) is 65.9 Å². The summed E-state index contributed by atoms with van der Waals surface area (Å²) in [6, 6.07) is 17.8. The highest BCUT2D eigenvalue weighted by Gasteiger charge is 2.25. The van der Waals surface area contributed by atoms with Crippen molar-refractivity contribution in [2.75, 3.05) is 10.6 Å². The number of anilines is 2. The molecule has 1 aliphatic rings. The van der Waals surface area contributed by atoms with Gasteiger partial charge in [0, 0.05) is 29.7 Å². The fourth-order valence-corrected chi connectivity index (χ4v) is 3.28. The number of carbonyl (C=O) groups excluding carboxylic acids is 1. The van der Waals surface area contributed by atoms with Gasteiger partial charge in [-0.1, -0.05) is 36.8 Å². The molecule has 134 valence electrons. The van der Waals surface area contributed by atoms with E-state index in [-0.39, 0.29) is 11.8 Å². The lowest BCUT2D eigenvalue weighted by atomic mass is 9.85. The smallest absolute Gasteiger partial charge is 0.227 e. The van der Waals surface area contributed by atoms with Crippen molar-refractivity contribution < 1.29 is 4.79 Å². The van der Waals surface area contributed by atoms with Crippen LogP contribution in [-0.4, -0.2) is 10.9 Å². The van der Waals surface area contributed by atoms with Crippen molar-refractivity contribution >= 4 is 28.2 Å². The minimum Gasteiger partial charge on any atom is -0.379 e. The quantitative estimate of drug-likeness (QED) is 0.708. The van der Waals surface area contributed by atoms with E-state index in [0.29, 0.717) is 12.1 Å². The molecule has 1 amide bonds. The van der Waals surface area contributed by atoms with Gasteiger partial charge in [0.05, 0.1) is 16.8 Å². The predicted molar refractivity (Wildman–Crippen MR) is 106 cm³/mol. The predicted octanol–water partition coefficient (Wildman–Crippen LogP) is 4.46. The molecule has 4 rings (SSSR count). The normalized spacial score (nSPS) is 13.6. The summed E-state index contributed by atoms with van der Waals surface area (Å²) in [6.07, 6.45) is 4.71. The van der Waals surface area contributed by atoms with E-state index in [4.69, 9.17) is 0 Å². The zero-order chi connectivity index (χ0) is 18.6. The number of hydrogen-bond acceptors (Lipinski definition) is 4. The van der Waals surface area contributed by atoms with E-state index in [1.54, 1.807) is 6.20 Å². The zero-order valence-electron chi connectivity index (χ0n) is 14.9. The molecule has 1 aliphatic carbocycles. The number of rotatable bonds is 5. The molecule has 0 unspecified atom stereocenters. The van der Waals surface area contributed by atoms with Crippen LogP contribution in [0.1, 0.15) is 30.4 Å². The minimum absolute atomic E-state index is 0.109. The first-order valence-electron chi connectivity index (χ1n) is 9.16. The van der Waals surface area contributed by atoms with Gasteiger partial charge in [-0.15, -0.1) is 0 Å². The average molecular weight is 356 g/mol. The molecular weight excluding hydrogens is 336 g/mol. The van der Waals surface area contributed by atoms with Crippen LogP contribution in [0.5, 0.6) is 0 Å². The average Bonchev–Trinajstić information content (AvgIpc) is 2.64. The van der Waals surface area contributed by atoms with Gasteiger partial charge < -0.3 is 10.6 Å². The van der Waals surface area contributed by atoms with E-state index in [1.807, 2.05) is 48.5 Å². The summed E-state index contributed by atoms with van der Waals surface area (Å²) in [5, 5.41) is 16.7. The molecule has 27 heavy (non-hydrogen) atoms. The van der Waals surface area contributed by atoms with Crippen molar-refractivity contribution in [1.82, 2.24) is 4.98 Å². The summed E-state index contributed by atoms with van der Waals surface area (Å²) in [7, 11) is 0. The first-order chi connectivity index (χ1) is 13.2. The highest BCUT2D eigenvalue weighted by atomic mass is 16.1. The molecule has 0 saturated heterocycles. The fourth-order valence-electron chi connectivity index (χ4n) is 3.28. The second-order valence-corrected chi connectivity index (χ2v) is 6.85. The number of aromatic nitrogens is 1. The van der Waals surface area contributed by atoms with Crippen LogP contribution in [0, 0.1) is 17.2 Å². The maximum atomic E-state index is 12.1. The molecular formula is C22H20N4O. The number of nitrogens with zero attached hydrogens (tertiary/aromatic N) is 2. The van der Waals surface area contributed by atoms with Crippen molar-refractivity contribution in [2.45, 2.75) is 25.8 Å². The number of nitrogens with one attached hydrogen (secondary N) is 2. The van der Waals surface area contributed by atoms with Crippen LogP contribution >= 0.6 is 0 Å². The molecule has 0 bridgehead atoms. The third-order valence-electron chi connectivity index (χ3n) is 5.04. The molecule has 5 nitrogen and oxygen atoms in total. The Morgan fingerprint density at radius 2 is 2.04 bits per heavy atom. The monoisotopic (exact) mass is 356 g/mol. The van der Waals surface area contributed by atoms with Crippen LogP contribution in [0.3, 0.4) is 0 Å². The number of carbonyl (C=O) groups is 1. The highest BCUT2D eigenvalue weighted by Crippen LogP contribution is 2.28.